The molecule has 1 atom stereocenters. The van der Waals surface area contributed by atoms with E-state index in [1.54, 1.807) is 10.9 Å². The molecule has 1 aliphatic heterocycles. The van der Waals surface area contributed by atoms with Crippen molar-refractivity contribution in [3.63, 3.8) is 0 Å². The lowest BCUT2D eigenvalue weighted by atomic mass is 9.87. The van der Waals surface area contributed by atoms with Gasteiger partial charge in [0.05, 0.1) is 24.4 Å². The van der Waals surface area contributed by atoms with Gasteiger partial charge in [-0.3, -0.25) is 4.79 Å². The van der Waals surface area contributed by atoms with Crippen molar-refractivity contribution in [3.8, 4) is 5.69 Å². The predicted octanol–water partition coefficient (Wildman–Crippen LogP) is 3.39. The molecule has 1 aromatic heterocycles. The number of nitrogens with zero attached hydrogens (tertiary/aromatic N) is 3. The summed E-state index contributed by atoms with van der Waals surface area (Å²) >= 11 is 0. The lowest BCUT2D eigenvalue weighted by molar-refractivity contribution is -0.132. The van der Waals surface area contributed by atoms with Crippen molar-refractivity contribution in [3.05, 3.63) is 84.2 Å². The highest BCUT2D eigenvalue weighted by atomic mass is 16.3. The number of hydrogen-bond acceptors (Lipinski definition) is 3. The molecule has 0 bridgehead atoms. The summed E-state index contributed by atoms with van der Waals surface area (Å²) in [4.78, 5) is 14.6. The Morgan fingerprint density at radius 3 is 2.36 bits per heavy atom. The lowest BCUT2D eigenvalue weighted by Crippen LogP contribution is -2.40. The number of carbonyl (C=O) groups excluding carboxylic acids is 1. The number of aliphatic hydroxyl groups excluding tert-OH is 1. The highest BCUT2D eigenvalue weighted by Crippen LogP contribution is 2.30. The number of benzene rings is 2. The zero-order valence-corrected chi connectivity index (χ0v) is 15.8. The fourth-order valence-corrected chi connectivity index (χ4v) is 3.85. The third-order valence-electron chi connectivity index (χ3n) is 5.49. The second-order valence-electron chi connectivity index (χ2n) is 7.38. The van der Waals surface area contributed by atoms with Gasteiger partial charge in [0.15, 0.2) is 0 Å². The van der Waals surface area contributed by atoms with Gasteiger partial charge in [-0.1, -0.05) is 48.5 Å². The van der Waals surface area contributed by atoms with Crippen LogP contribution in [0, 0.1) is 5.92 Å². The normalized spacial score (nSPS) is 16.1. The van der Waals surface area contributed by atoms with Crippen molar-refractivity contribution >= 4 is 5.91 Å². The number of likely N-dealkylation sites (tertiary alicyclic amines) is 1. The minimum atomic E-state index is -0.456. The topological polar surface area (TPSA) is 58.4 Å². The Balaban J connectivity index is 1.32. The van der Waals surface area contributed by atoms with Gasteiger partial charge in [0.1, 0.15) is 0 Å². The summed E-state index contributed by atoms with van der Waals surface area (Å²) in [5.74, 6) is 0.326. The SMILES string of the molecule is O=C(Cc1cnn(-c2ccccc2)c1)N1CCC(C(O)c2ccccc2)CC1. The molecule has 0 radical (unpaired) electrons. The molecule has 1 unspecified atom stereocenters. The maximum atomic E-state index is 12.7. The first-order chi connectivity index (χ1) is 13.7. The van der Waals surface area contributed by atoms with Gasteiger partial charge in [0.2, 0.25) is 5.91 Å². The van der Waals surface area contributed by atoms with Crippen molar-refractivity contribution in [1.82, 2.24) is 14.7 Å². The van der Waals surface area contributed by atoms with E-state index in [0.29, 0.717) is 19.5 Å². The Bertz CT molecular complexity index is 900. The number of aliphatic hydroxyl groups is 1. The maximum Gasteiger partial charge on any atom is 0.227 e. The zero-order chi connectivity index (χ0) is 19.3. The molecule has 5 heteroatoms. The highest BCUT2D eigenvalue weighted by molar-refractivity contribution is 5.78. The van der Waals surface area contributed by atoms with Crippen LogP contribution in [0.4, 0.5) is 0 Å². The number of amides is 1. The van der Waals surface area contributed by atoms with E-state index in [1.807, 2.05) is 71.8 Å². The van der Waals surface area contributed by atoms with Crippen molar-refractivity contribution in [2.45, 2.75) is 25.4 Å². The quantitative estimate of drug-likeness (QED) is 0.744. The Labute approximate surface area is 165 Å². The minimum Gasteiger partial charge on any atom is -0.388 e. The van der Waals surface area contributed by atoms with Crippen LogP contribution >= 0.6 is 0 Å². The number of aromatic nitrogens is 2. The monoisotopic (exact) mass is 375 g/mol. The summed E-state index contributed by atoms with van der Waals surface area (Å²) in [5.41, 5.74) is 2.86. The van der Waals surface area contributed by atoms with E-state index in [0.717, 1.165) is 29.7 Å². The van der Waals surface area contributed by atoms with Gasteiger partial charge in [-0.2, -0.15) is 5.10 Å². The predicted molar refractivity (Wildman–Crippen MR) is 108 cm³/mol. The molecule has 0 spiro atoms. The summed E-state index contributed by atoms with van der Waals surface area (Å²) in [6, 6.07) is 19.7. The van der Waals surface area contributed by atoms with Gasteiger partial charge in [-0.15, -0.1) is 0 Å². The second kappa shape index (κ2) is 8.40. The van der Waals surface area contributed by atoms with Gasteiger partial charge >= 0.3 is 0 Å². The van der Waals surface area contributed by atoms with Crippen molar-refractivity contribution in [1.29, 1.82) is 0 Å². The van der Waals surface area contributed by atoms with Crippen LogP contribution in [0.15, 0.2) is 73.1 Å². The number of rotatable bonds is 5. The molecule has 1 aliphatic rings. The van der Waals surface area contributed by atoms with Gasteiger partial charge in [0, 0.05) is 19.3 Å². The summed E-state index contributed by atoms with van der Waals surface area (Å²) in [5, 5.41) is 15.0. The Morgan fingerprint density at radius 2 is 1.68 bits per heavy atom. The Hall–Kier alpha value is -2.92. The first-order valence-electron chi connectivity index (χ1n) is 9.80. The van der Waals surface area contributed by atoms with Crippen LogP contribution in [0.5, 0.6) is 0 Å². The van der Waals surface area contributed by atoms with E-state index in [1.165, 1.54) is 0 Å². The van der Waals surface area contributed by atoms with E-state index in [9.17, 15) is 9.90 Å². The molecule has 3 aromatic rings. The molecule has 4 rings (SSSR count). The molecule has 5 nitrogen and oxygen atoms in total. The zero-order valence-electron chi connectivity index (χ0n) is 15.8. The lowest BCUT2D eigenvalue weighted by Gasteiger charge is -2.34. The smallest absolute Gasteiger partial charge is 0.227 e. The van der Waals surface area contributed by atoms with E-state index < -0.39 is 6.10 Å². The molecular weight excluding hydrogens is 350 g/mol. The first-order valence-corrected chi connectivity index (χ1v) is 9.80. The van der Waals surface area contributed by atoms with E-state index in [4.69, 9.17) is 0 Å². The molecule has 2 heterocycles. The van der Waals surface area contributed by atoms with Crippen LogP contribution < -0.4 is 0 Å². The van der Waals surface area contributed by atoms with Crippen molar-refractivity contribution in [2.75, 3.05) is 13.1 Å². The molecule has 1 fully saturated rings. The molecular formula is C23H25N3O2. The number of carbonyl (C=O) groups is 1. The van der Waals surface area contributed by atoms with Crippen LogP contribution in [0.2, 0.25) is 0 Å². The van der Waals surface area contributed by atoms with E-state index in [-0.39, 0.29) is 11.8 Å². The Morgan fingerprint density at radius 1 is 1.04 bits per heavy atom. The molecule has 0 saturated carbocycles. The number of hydrogen-bond donors (Lipinski definition) is 1. The molecule has 1 amide bonds. The number of piperidine rings is 1. The molecule has 0 aliphatic carbocycles. The van der Waals surface area contributed by atoms with Crippen LogP contribution in [0.3, 0.4) is 0 Å². The average molecular weight is 375 g/mol. The summed E-state index contributed by atoms with van der Waals surface area (Å²) < 4.78 is 1.80. The highest BCUT2D eigenvalue weighted by Gasteiger charge is 2.28. The van der Waals surface area contributed by atoms with Crippen LogP contribution in [-0.4, -0.2) is 38.8 Å². The fourth-order valence-electron chi connectivity index (χ4n) is 3.85. The molecule has 144 valence electrons. The standard InChI is InChI=1S/C23H25N3O2/c27-22(15-18-16-24-26(17-18)21-9-5-2-6-10-21)25-13-11-20(12-14-25)23(28)19-7-3-1-4-8-19/h1-10,16-17,20,23,28H,11-15H2. The molecule has 1 saturated heterocycles. The average Bonchev–Trinajstić information content (AvgIpc) is 3.23. The van der Waals surface area contributed by atoms with E-state index >= 15 is 0 Å². The Kier molecular flexibility index (Phi) is 5.53. The minimum absolute atomic E-state index is 0.125. The van der Waals surface area contributed by atoms with Gasteiger partial charge < -0.3 is 10.0 Å². The number of para-hydroxylation sites is 1. The third-order valence-corrected chi connectivity index (χ3v) is 5.49. The first kappa shape index (κ1) is 18.4. The van der Waals surface area contributed by atoms with E-state index in [2.05, 4.69) is 5.10 Å². The summed E-state index contributed by atoms with van der Waals surface area (Å²) in [7, 11) is 0. The molecule has 1 N–H and O–H groups in total. The van der Waals surface area contributed by atoms with Crippen LogP contribution in [0.25, 0.3) is 5.69 Å². The van der Waals surface area contributed by atoms with Crippen molar-refractivity contribution < 1.29 is 9.90 Å². The largest absolute Gasteiger partial charge is 0.388 e. The fraction of sp³-hybridized carbons (Fsp3) is 0.304. The van der Waals surface area contributed by atoms with Crippen LogP contribution in [0.1, 0.15) is 30.1 Å². The van der Waals surface area contributed by atoms with Gasteiger partial charge in [-0.05, 0) is 42.0 Å². The maximum absolute atomic E-state index is 12.7. The second-order valence-corrected chi connectivity index (χ2v) is 7.38. The summed E-state index contributed by atoms with van der Waals surface area (Å²) in [6.07, 6.45) is 5.23. The molecule has 2 aromatic carbocycles. The van der Waals surface area contributed by atoms with Gasteiger partial charge in [0.25, 0.3) is 0 Å². The van der Waals surface area contributed by atoms with Gasteiger partial charge in [-0.25, -0.2) is 4.68 Å². The summed E-state index contributed by atoms with van der Waals surface area (Å²) in [6.45, 7) is 1.39. The third kappa shape index (κ3) is 4.15. The van der Waals surface area contributed by atoms with Crippen LogP contribution in [-0.2, 0) is 11.2 Å². The van der Waals surface area contributed by atoms with Crippen molar-refractivity contribution in [2.24, 2.45) is 5.92 Å². The molecule has 28 heavy (non-hydrogen) atoms.